The number of aromatic hydroxyl groups is 1. The Kier molecular flexibility index (Phi) is 4.35. The number of carbonyl (C=O) groups excluding carboxylic acids is 1. The summed E-state index contributed by atoms with van der Waals surface area (Å²) < 4.78 is 0. The van der Waals surface area contributed by atoms with Gasteiger partial charge in [0.1, 0.15) is 11.5 Å². The Bertz CT molecular complexity index is 1030. The maximum absolute atomic E-state index is 13.5. The number of rotatable bonds is 4. The van der Waals surface area contributed by atoms with Crippen LogP contribution in [-0.4, -0.2) is 34.2 Å². The first-order chi connectivity index (χ1) is 15.0. The van der Waals surface area contributed by atoms with Crippen molar-refractivity contribution < 1.29 is 15.0 Å². The predicted octanol–water partition coefficient (Wildman–Crippen LogP) is 3.45. The van der Waals surface area contributed by atoms with Crippen LogP contribution in [0.1, 0.15) is 54.4 Å². The quantitative estimate of drug-likeness (QED) is 0.713. The van der Waals surface area contributed by atoms with Gasteiger partial charge in [0, 0.05) is 23.8 Å². The van der Waals surface area contributed by atoms with Gasteiger partial charge < -0.3 is 15.5 Å². The zero-order chi connectivity index (χ0) is 21.2. The first kappa shape index (κ1) is 19.5. The molecule has 0 spiro atoms. The first-order valence-corrected chi connectivity index (χ1v) is 11.9. The number of nitrogens with one attached hydrogen (secondary N) is 1. The van der Waals surface area contributed by atoms with Gasteiger partial charge in [-0.15, -0.1) is 0 Å². The average molecular weight is 418 g/mol. The van der Waals surface area contributed by atoms with E-state index >= 15 is 0 Å². The Morgan fingerprint density at radius 1 is 1.10 bits per heavy atom. The second kappa shape index (κ2) is 6.91. The monoisotopic (exact) mass is 417 g/mol. The summed E-state index contributed by atoms with van der Waals surface area (Å²) in [4.78, 5) is 13.5. The van der Waals surface area contributed by atoms with Crippen LogP contribution < -0.4 is 5.32 Å². The van der Waals surface area contributed by atoms with E-state index in [4.69, 9.17) is 0 Å². The van der Waals surface area contributed by atoms with Crippen LogP contribution in [0.2, 0.25) is 0 Å². The highest BCUT2D eigenvalue weighted by molar-refractivity contribution is 5.85. The summed E-state index contributed by atoms with van der Waals surface area (Å²) in [5.41, 5.74) is 3.16. The highest BCUT2D eigenvalue weighted by atomic mass is 16.3. The molecule has 4 nitrogen and oxygen atoms in total. The summed E-state index contributed by atoms with van der Waals surface area (Å²) in [5.74, 6) is 1.10. The molecule has 2 saturated carbocycles. The SMILES string of the molecule is O=C1C[C@]23CCN[C@H](Cc4c(CC5CC5)cc(O)cc42)[C@]3(O)C[C@@H]1Cc1ccccc1. The van der Waals surface area contributed by atoms with Crippen LogP contribution in [0.15, 0.2) is 42.5 Å². The molecule has 4 atom stereocenters. The third kappa shape index (κ3) is 2.99. The smallest absolute Gasteiger partial charge is 0.137 e. The minimum Gasteiger partial charge on any atom is -0.508 e. The fraction of sp³-hybridized carbons (Fsp3) is 0.519. The van der Waals surface area contributed by atoms with Gasteiger partial charge in [0.2, 0.25) is 0 Å². The van der Waals surface area contributed by atoms with Gasteiger partial charge in [0.15, 0.2) is 0 Å². The number of hydrogen-bond acceptors (Lipinski definition) is 4. The Labute approximate surface area is 183 Å². The zero-order valence-corrected chi connectivity index (χ0v) is 17.9. The number of Topliss-reactive ketones (excluding diaryl/α,β-unsaturated/α-hetero) is 1. The number of benzene rings is 2. The number of piperidine rings is 1. The molecule has 0 amide bonds. The summed E-state index contributed by atoms with van der Waals surface area (Å²) >= 11 is 0. The van der Waals surface area contributed by atoms with Gasteiger partial charge in [0.25, 0.3) is 0 Å². The Balaban J connectivity index is 1.42. The minimum atomic E-state index is -0.962. The van der Waals surface area contributed by atoms with E-state index in [9.17, 15) is 15.0 Å². The van der Waals surface area contributed by atoms with Crippen molar-refractivity contribution in [3.63, 3.8) is 0 Å². The highest BCUT2D eigenvalue weighted by Gasteiger charge is 2.65. The van der Waals surface area contributed by atoms with Crippen molar-refractivity contribution in [1.82, 2.24) is 5.32 Å². The van der Waals surface area contributed by atoms with Gasteiger partial charge in [-0.1, -0.05) is 30.3 Å². The van der Waals surface area contributed by atoms with Gasteiger partial charge in [-0.2, -0.15) is 0 Å². The molecule has 162 valence electrons. The van der Waals surface area contributed by atoms with E-state index < -0.39 is 11.0 Å². The third-order valence-electron chi connectivity index (χ3n) is 8.62. The summed E-state index contributed by atoms with van der Waals surface area (Å²) in [6.07, 6.45) is 6.60. The lowest BCUT2D eigenvalue weighted by Crippen LogP contribution is -2.73. The predicted molar refractivity (Wildman–Crippen MR) is 119 cm³/mol. The lowest BCUT2D eigenvalue weighted by molar-refractivity contribution is -0.158. The normalized spacial score (nSPS) is 34.2. The molecule has 4 heteroatoms. The Morgan fingerprint density at radius 3 is 2.68 bits per heavy atom. The van der Waals surface area contributed by atoms with Crippen LogP contribution in [0.25, 0.3) is 0 Å². The maximum atomic E-state index is 13.5. The van der Waals surface area contributed by atoms with Gasteiger partial charge >= 0.3 is 0 Å². The van der Waals surface area contributed by atoms with Crippen LogP contribution in [0.3, 0.4) is 0 Å². The second-order valence-electron chi connectivity index (χ2n) is 10.5. The molecule has 1 saturated heterocycles. The molecule has 31 heavy (non-hydrogen) atoms. The number of carbonyl (C=O) groups is 1. The van der Waals surface area contributed by atoms with Gasteiger partial charge in [0.05, 0.1) is 5.60 Å². The molecular formula is C27H31NO3. The lowest BCUT2D eigenvalue weighted by Gasteiger charge is -2.62. The van der Waals surface area contributed by atoms with Crippen molar-refractivity contribution in [2.75, 3.05) is 6.54 Å². The summed E-state index contributed by atoms with van der Waals surface area (Å²) in [5, 5.41) is 26.5. The molecule has 2 bridgehead atoms. The minimum absolute atomic E-state index is 0.0392. The van der Waals surface area contributed by atoms with Crippen molar-refractivity contribution in [2.24, 2.45) is 11.8 Å². The molecule has 0 unspecified atom stereocenters. The first-order valence-electron chi connectivity index (χ1n) is 11.9. The third-order valence-corrected chi connectivity index (χ3v) is 8.62. The highest BCUT2D eigenvalue weighted by Crippen LogP contribution is 2.58. The van der Waals surface area contributed by atoms with E-state index in [1.165, 1.54) is 24.0 Å². The van der Waals surface area contributed by atoms with E-state index in [0.717, 1.165) is 42.9 Å². The number of fused-ring (bicyclic) bond motifs is 1. The largest absolute Gasteiger partial charge is 0.508 e. The van der Waals surface area contributed by atoms with Crippen molar-refractivity contribution in [3.8, 4) is 5.75 Å². The molecule has 0 aromatic heterocycles. The fourth-order valence-corrected chi connectivity index (χ4v) is 6.88. The molecule has 3 aliphatic carbocycles. The van der Waals surface area contributed by atoms with Crippen LogP contribution in [-0.2, 0) is 29.5 Å². The molecule has 1 aliphatic heterocycles. The molecule has 3 fully saturated rings. The fourth-order valence-electron chi connectivity index (χ4n) is 6.88. The summed E-state index contributed by atoms with van der Waals surface area (Å²) in [6.45, 7) is 0.802. The van der Waals surface area contributed by atoms with Crippen molar-refractivity contribution in [2.45, 2.75) is 68.4 Å². The van der Waals surface area contributed by atoms with E-state index in [1.807, 2.05) is 30.3 Å². The molecule has 4 aliphatic rings. The van der Waals surface area contributed by atoms with E-state index in [1.54, 1.807) is 0 Å². The van der Waals surface area contributed by atoms with Gasteiger partial charge in [-0.3, -0.25) is 4.79 Å². The van der Waals surface area contributed by atoms with Crippen LogP contribution in [0.5, 0.6) is 5.75 Å². The van der Waals surface area contributed by atoms with Crippen LogP contribution >= 0.6 is 0 Å². The number of aliphatic hydroxyl groups is 1. The standard InChI is InChI=1S/C27H31NO3/c29-21-12-19(10-18-6-7-18)22-14-25-27(31)15-20(11-17-4-2-1-3-5-17)24(30)16-26(27,8-9-28-25)23(22)13-21/h1-5,12-13,18,20,25,28-29,31H,6-11,14-16H2/t20-,25+,26+,27+/m0/s1. The van der Waals surface area contributed by atoms with Crippen molar-refractivity contribution in [1.29, 1.82) is 0 Å². The van der Waals surface area contributed by atoms with Gasteiger partial charge in [-0.25, -0.2) is 0 Å². The van der Waals surface area contributed by atoms with Crippen molar-refractivity contribution in [3.05, 3.63) is 64.7 Å². The topological polar surface area (TPSA) is 69.6 Å². The molecule has 6 rings (SSSR count). The number of hydrogen-bond donors (Lipinski definition) is 3. The number of phenols is 1. The molecule has 2 aromatic carbocycles. The Morgan fingerprint density at radius 2 is 1.90 bits per heavy atom. The van der Waals surface area contributed by atoms with E-state index in [0.29, 0.717) is 19.3 Å². The molecule has 2 aromatic rings. The van der Waals surface area contributed by atoms with Crippen LogP contribution in [0, 0.1) is 11.8 Å². The summed E-state index contributed by atoms with van der Waals surface area (Å²) in [7, 11) is 0. The average Bonchev–Trinajstić information content (AvgIpc) is 3.55. The summed E-state index contributed by atoms with van der Waals surface area (Å²) in [6, 6.07) is 13.9. The van der Waals surface area contributed by atoms with Gasteiger partial charge in [-0.05, 0) is 91.8 Å². The van der Waals surface area contributed by atoms with Crippen LogP contribution in [0.4, 0.5) is 0 Å². The Hall–Kier alpha value is -2.17. The number of phenolic OH excluding ortho intramolecular Hbond substituents is 1. The molecule has 3 N–H and O–H groups in total. The second-order valence-corrected chi connectivity index (χ2v) is 10.5. The molecule has 1 heterocycles. The molecule has 0 radical (unpaired) electrons. The lowest BCUT2D eigenvalue weighted by atomic mass is 9.47. The van der Waals surface area contributed by atoms with E-state index in [2.05, 4.69) is 17.4 Å². The zero-order valence-electron chi connectivity index (χ0n) is 17.9. The van der Waals surface area contributed by atoms with Crippen molar-refractivity contribution >= 4 is 5.78 Å². The van der Waals surface area contributed by atoms with E-state index in [-0.39, 0.29) is 23.5 Å². The number of ketones is 1. The molecular weight excluding hydrogens is 386 g/mol. The maximum Gasteiger partial charge on any atom is 0.137 e.